The van der Waals surface area contributed by atoms with Gasteiger partial charge in [0.25, 0.3) is 0 Å². The molecule has 1 unspecified atom stereocenters. The molecule has 1 fully saturated rings. The zero-order valence-electron chi connectivity index (χ0n) is 17.5. The Labute approximate surface area is 187 Å². The van der Waals surface area contributed by atoms with Crippen molar-refractivity contribution in [2.75, 3.05) is 22.1 Å². The largest absolute Gasteiger partial charge is 0.439 e. The van der Waals surface area contributed by atoms with Crippen LogP contribution in [0.5, 0.6) is 11.6 Å². The Bertz CT molecular complexity index is 1190. The lowest BCUT2D eigenvalue weighted by Crippen LogP contribution is -2.35. The molecule has 2 amide bonds. The number of ether oxygens (including phenoxy) is 1. The van der Waals surface area contributed by atoms with Crippen molar-refractivity contribution in [2.24, 2.45) is 0 Å². The number of benzene rings is 2. The van der Waals surface area contributed by atoms with E-state index < -0.39 is 24.0 Å². The summed E-state index contributed by atoms with van der Waals surface area (Å²) < 4.78 is 45.0. The van der Waals surface area contributed by atoms with Crippen LogP contribution in [0.25, 0.3) is 0 Å². The second-order valence-corrected chi connectivity index (χ2v) is 7.29. The van der Waals surface area contributed by atoms with Crippen molar-refractivity contribution < 1.29 is 27.8 Å². The number of halogens is 3. The quantitative estimate of drug-likeness (QED) is 0.593. The minimum atomic E-state index is -4.55. The maximum Gasteiger partial charge on any atom is 0.416 e. The maximum atomic E-state index is 13.1. The molecule has 3 N–H and O–H groups in total. The predicted molar refractivity (Wildman–Crippen MR) is 115 cm³/mol. The summed E-state index contributed by atoms with van der Waals surface area (Å²) in [5, 5.41) is 10.6. The first kappa shape index (κ1) is 22.3. The maximum absolute atomic E-state index is 13.1. The fourth-order valence-corrected chi connectivity index (χ4v) is 3.59. The van der Waals surface area contributed by atoms with Crippen LogP contribution in [0.1, 0.15) is 18.1 Å². The second kappa shape index (κ2) is 8.58. The van der Waals surface area contributed by atoms with Gasteiger partial charge in [-0.1, -0.05) is 13.0 Å². The number of aryl methyl sites for hydroxylation is 1. The van der Waals surface area contributed by atoms with Crippen LogP contribution in [0, 0.1) is 0 Å². The molecule has 3 aromatic rings. The fourth-order valence-electron chi connectivity index (χ4n) is 3.59. The van der Waals surface area contributed by atoms with Gasteiger partial charge in [-0.2, -0.15) is 18.2 Å². The molecule has 2 aromatic carbocycles. The number of carbonyl (C=O) groups excluding carboxylic acids is 1. The summed E-state index contributed by atoms with van der Waals surface area (Å²) in [6.45, 7) is 1.69. The molecule has 1 saturated heterocycles. The van der Waals surface area contributed by atoms with Crippen molar-refractivity contribution >= 4 is 23.4 Å². The highest BCUT2D eigenvalue weighted by molar-refractivity contribution is 6.07. The van der Waals surface area contributed by atoms with E-state index in [4.69, 9.17) is 10.5 Å². The standard InChI is InChI=1S/C22H20F3N5O3/c1-2-13-10-16(33-18-8-9-27-20(26)28-18)6-7-17(13)30-19(31)12-29(21(30)32)15-5-3-4-14(11-15)22(23,24)25/h3-11,19,31H,2,12H2,1H3,(H2,26,27,28). The van der Waals surface area contributed by atoms with Gasteiger partial charge in [-0.15, -0.1) is 0 Å². The number of nitrogens with zero attached hydrogens (tertiary/aromatic N) is 4. The van der Waals surface area contributed by atoms with Crippen molar-refractivity contribution in [3.8, 4) is 11.6 Å². The van der Waals surface area contributed by atoms with Crippen LogP contribution in [0.4, 0.5) is 35.3 Å². The van der Waals surface area contributed by atoms with Crippen molar-refractivity contribution in [2.45, 2.75) is 25.7 Å². The van der Waals surface area contributed by atoms with E-state index in [9.17, 15) is 23.1 Å². The molecule has 33 heavy (non-hydrogen) atoms. The Morgan fingerprint density at radius 2 is 2.00 bits per heavy atom. The molecule has 2 heterocycles. The van der Waals surface area contributed by atoms with E-state index in [-0.39, 0.29) is 24.1 Å². The van der Waals surface area contributed by atoms with Crippen LogP contribution in [0.3, 0.4) is 0 Å². The lowest BCUT2D eigenvalue weighted by Gasteiger charge is -2.23. The Morgan fingerprint density at radius 1 is 1.21 bits per heavy atom. The van der Waals surface area contributed by atoms with Crippen molar-refractivity contribution in [1.29, 1.82) is 0 Å². The number of aliphatic hydroxyl groups excluding tert-OH is 1. The SMILES string of the molecule is CCc1cc(Oc2ccnc(N)n2)ccc1N1C(=O)N(c2cccc(C(F)(F)F)c2)CC1O. The van der Waals surface area contributed by atoms with Gasteiger partial charge in [0.1, 0.15) is 5.75 Å². The lowest BCUT2D eigenvalue weighted by atomic mass is 10.1. The van der Waals surface area contributed by atoms with Crippen molar-refractivity contribution in [3.05, 3.63) is 65.9 Å². The molecule has 1 aliphatic rings. The van der Waals surface area contributed by atoms with Crippen LogP contribution >= 0.6 is 0 Å². The predicted octanol–water partition coefficient (Wildman–Crippen LogP) is 4.20. The Morgan fingerprint density at radius 3 is 2.70 bits per heavy atom. The number of carbonyl (C=O) groups is 1. The minimum absolute atomic E-state index is 0.0516. The van der Waals surface area contributed by atoms with E-state index in [1.807, 2.05) is 6.92 Å². The van der Waals surface area contributed by atoms with E-state index in [1.165, 1.54) is 24.4 Å². The zero-order valence-corrected chi connectivity index (χ0v) is 17.5. The molecule has 4 rings (SSSR count). The summed E-state index contributed by atoms with van der Waals surface area (Å²) in [7, 11) is 0. The van der Waals surface area contributed by atoms with Gasteiger partial charge in [-0.05, 0) is 48.4 Å². The molecule has 0 bridgehead atoms. The number of anilines is 3. The number of urea groups is 1. The molecule has 0 radical (unpaired) electrons. The number of β-amino-alcohol motifs (C(OH)–C–C–N with tert-alkyl or cyclic N) is 1. The number of rotatable bonds is 5. The number of nitrogen functional groups attached to an aromatic ring is 1. The third kappa shape index (κ3) is 4.53. The summed E-state index contributed by atoms with van der Waals surface area (Å²) >= 11 is 0. The minimum Gasteiger partial charge on any atom is -0.439 e. The van der Waals surface area contributed by atoms with E-state index in [2.05, 4.69) is 9.97 Å². The topological polar surface area (TPSA) is 105 Å². The Hall–Kier alpha value is -3.86. The van der Waals surface area contributed by atoms with Crippen LogP contribution in [0.15, 0.2) is 54.7 Å². The summed E-state index contributed by atoms with van der Waals surface area (Å²) in [4.78, 5) is 23.2. The first-order chi connectivity index (χ1) is 15.7. The van der Waals surface area contributed by atoms with Crippen LogP contribution in [-0.2, 0) is 12.6 Å². The van der Waals surface area contributed by atoms with E-state index in [1.54, 1.807) is 18.2 Å². The number of hydrogen-bond donors (Lipinski definition) is 2. The number of hydrogen-bond acceptors (Lipinski definition) is 6. The van der Waals surface area contributed by atoms with Gasteiger partial charge < -0.3 is 15.6 Å². The van der Waals surface area contributed by atoms with Gasteiger partial charge >= 0.3 is 12.2 Å². The average Bonchev–Trinajstić information content (AvgIpc) is 3.07. The van der Waals surface area contributed by atoms with E-state index in [0.717, 1.165) is 21.9 Å². The number of amides is 2. The molecule has 8 nitrogen and oxygen atoms in total. The molecule has 11 heteroatoms. The number of aliphatic hydroxyl groups is 1. The van der Waals surface area contributed by atoms with Crippen LogP contribution < -0.4 is 20.3 Å². The molecular formula is C22H20F3N5O3. The summed E-state index contributed by atoms with van der Waals surface area (Å²) in [6.07, 6.45) is -3.84. The molecule has 0 spiro atoms. The molecule has 172 valence electrons. The first-order valence-electron chi connectivity index (χ1n) is 10.0. The van der Waals surface area contributed by atoms with Crippen LogP contribution in [0.2, 0.25) is 0 Å². The molecule has 0 aliphatic carbocycles. The van der Waals surface area contributed by atoms with Gasteiger partial charge in [-0.3, -0.25) is 9.80 Å². The van der Waals surface area contributed by atoms with Gasteiger partial charge in [0.2, 0.25) is 11.8 Å². The smallest absolute Gasteiger partial charge is 0.416 e. The fraction of sp³-hybridized carbons (Fsp3) is 0.227. The summed E-state index contributed by atoms with van der Waals surface area (Å²) in [6, 6.07) is 10.2. The average molecular weight is 459 g/mol. The van der Waals surface area contributed by atoms with E-state index in [0.29, 0.717) is 23.4 Å². The molecular weight excluding hydrogens is 439 g/mol. The molecule has 1 aliphatic heterocycles. The van der Waals surface area contributed by atoms with Gasteiger partial charge in [0.05, 0.1) is 17.8 Å². The zero-order chi connectivity index (χ0) is 23.8. The third-order valence-electron chi connectivity index (χ3n) is 5.13. The van der Waals surface area contributed by atoms with Gasteiger partial charge in [-0.25, -0.2) is 9.78 Å². The second-order valence-electron chi connectivity index (χ2n) is 7.29. The van der Waals surface area contributed by atoms with Crippen molar-refractivity contribution in [3.63, 3.8) is 0 Å². The first-order valence-corrected chi connectivity index (χ1v) is 10.0. The molecule has 1 aromatic heterocycles. The third-order valence-corrected chi connectivity index (χ3v) is 5.13. The number of alkyl halides is 3. The highest BCUT2D eigenvalue weighted by atomic mass is 19.4. The summed E-state index contributed by atoms with van der Waals surface area (Å²) in [5.74, 6) is 0.732. The van der Waals surface area contributed by atoms with Gasteiger partial charge in [0.15, 0.2) is 6.23 Å². The molecule has 0 saturated carbocycles. The highest BCUT2D eigenvalue weighted by Crippen LogP contribution is 2.36. The van der Waals surface area contributed by atoms with Crippen LogP contribution in [-0.4, -0.2) is 33.9 Å². The van der Waals surface area contributed by atoms with Crippen molar-refractivity contribution in [1.82, 2.24) is 9.97 Å². The Kier molecular flexibility index (Phi) is 5.81. The lowest BCUT2D eigenvalue weighted by molar-refractivity contribution is -0.137. The monoisotopic (exact) mass is 459 g/mol. The summed E-state index contributed by atoms with van der Waals surface area (Å²) in [5.41, 5.74) is 5.85. The number of aromatic nitrogens is 2. The molecule has 1 atom stereocenters. The van der Waals surface area contributed by atoms with E-state index >= 15 is 0 Å². The normalized spacial score (nSPS) is 16.4. The Balaban J connectivity index is 1.62. The van der Waals surface area contributed by atoms with Gasteiger partial charge in [0, 0.05) is 18.0 Å². The highest BCUT2D eigenvalue weighted by Gasteiger charge is 2.40. The number of nitrogens with two attached hydrogens (primary N) is 1.